The Morgan fingerprint density at radius 2 is 1.75 bits per heavy atom. The second-order valence-corrected chi connectivity index (χ2v) is 3.84. The number of halogens is 3. The van der Waals surface area contributed by atoms with Crippen LogP contribution in [0, 0.1) is 0 Å². The van der Waals surface area contributed by atoms with Crippen LogP contribution in [0.25, 0.3) is 0 Å². The van der Waals surface area contributed by atoms with E-state index in [1.807, 2.05) is 0 Å². The first-order valence-electron chi connectivity index (χ1n) is 5.81. The zero-order valence-corrected chi connectivity index (χ0v) is 10.7. The van der Waals surface area contributed by atoms with Gasteiger partial charge in [0.2, 0.25) is 5.91 Å². The van der Waals surface area contributed by atoms with Crippen molar-refractivity contribution in [3.05, 3.63) is 29.8 Å². The van der Waals surface area contributed by atoms with E-state index < -0.39 is 23.7 Å². The molecule has 0 saturated heterocycles. The van der Waals surface area contributed by atoms with Crippen molar-refractivity contribution in [1.82, 2.24) is 10.6 Å². The van der Waals surface area contributed by atoms with Crippen molar-refractivity contribution in [2.24, 2.45) is 0 Å². The summed E-state index contributed by atoms with van der Waals surface area (Å²) in [5.41, 5.74) is -0.418. The van der Waals surface area contributed by atoms with Crippen LogP contribution in [0.3, 0.4) is 0 Å². The summed E-state index contributed by atoms with van der Waals surface area (Å²) < 4.78 is 37.0. The van der Waals surface area contributed by atoms with Crippen LogP contribution in [0.5, 0.6) is 0 Å². The Bertz CT molecular complexity index is 472. The first-order chi connectivity index (χ1) is 9.32. The molecular formula is C12H14F3N3O2. The fourth-order valence-electron chi connectivity index (χ4n) is 1.33. The van der Waals surface area contributed by atoms with Gasteiger partial charge in [-0.15, -0.1) is 0 Å². The van der Waals surface area contributed by atoms with E-state index in [1.54, 1.807) is 6.92 Å². The summed E-state index contributed by atoms with van der Waals surface area (Å²) in [6.07, 6.45) is -4.39. The average Bonchev–Trinajstić information content (AvgIpc) is 2.36. The van der Waals surface area contributed by atoms with E-state index in [-0.39, 0.29) is 6.54 Å². The highest BCUT2D eigenvalue weighted by atomic mass is 19.4. The van der Waals surface area contributed by atoms with E-state index in [4.69, 9.17) is 0 Å². The number of carbonyl (C=O) groups is 2. The average molecular weight is 289 g/mol. The molecule has 20 heavy (non-hydrogen) atoms. The van der Waals surface area contributed by atoms with Gasteiger partial charge in [0.05, 0.1) is 12.1 Å². The lowest BCUT2D eigenvalue weighted by Crippen LogP contribution is -2.41. The topological polar surface area (TPSA) is 70.2 Å². The Kier molecular flexibility index (Phi) is 5.36. The van der Waals surface area contributed by atoms with Crippen molar-refractivity contribution in [2.75, 3.05) is 18.4 Å². The normalized spacial score (nSPS) is 10.8. The number of imide groups is 1. The van der Waals surface area contributed by atoms with Crippen LogP contribution < -0.4 is 16.0 Å². The van der Waals surface area contributed by atoms with Crippen molar-refractivity contribution < 1.29 is 22.8 Å². The Hall–Kier alpha value is -2.25. The third-order valence-corrected chi connectivity index (χ3v) is 2.26. The minimum absolute atomic E-state index is 0.220. The minimum Gasteiger partial charge on any atom is -0.376 e. The lowest BCUT2D eigenvalue weighted by atomic mass is 10.2. The zero-order valence-electron chi connectivity index (χ0n) is 10.7. The summed E-state index contributed by atoms with van der Waals surface area (Å²) in [4.78, 5) is 22.3. The van der Waals surface area contributed by atoms with E-state index >= 15 is 0 Å². The van der Waals surface area contributed by atoms with Gasteiger partial charge < -0.3 is 10.6 Å². The molecule has 8 heteroatoms. The van der Waals surface area contributed by atoms with Gasteiger partial charge in [0.25, 0.3) is 0 Å². The van der Waals surface area contributed by atoms with Crippen molar-refractivity contribution in [1.29, 1.82) is 0 Å². The highest BCUT2D eigenvalue weighted by Crippen LogP contribution is 2.29. The van der Waals surface area contributed by atoms with Gasteiger partial charge in [0, 0.05) is 12.2 Å². The first-order valence-corrected chi connectivity index (χ1v) is 5.81. The summed E-state index contributed by atoms with van der Waals surface area (Å²) in [5, 5.41) is 7.04. The molecule has 1 aromatic rings. The highest BCUT2D eigenvalue weighted by molar-refractivity contribution is 5.96. The van der Waals surface area contributed by atoms with Crippen LogP contribution in [0.15, 0.2) is 24.3 Å². The SMILES string of the molecule is CCNC(=O)NC(=O)CNc1ccc(C(F)(F)F)cc1. The maximum absolute atomic E-state index is 12.3. The van der Waals surface area contributed by atoms with Crippen LogP contribution in [0.2, 0.25) is 0 Å². The van der Waals surface area contributed by atoms with E-state index in [2.05, 4.69) is 16.0 Å². The van der Waals surface area contributed by atoms with Gasteiger partial charge in [-0.25, -0.2) is 4.79 Å². The second-order valence-electron chi connectivity index (χ2n) is 3.84. The summed E-state index contributed by atoms with van der Waals surface area (Å²) in [6.45, 7) is 1.86. The molecule has 0 unspecified atom stereocenters. The maximum atomic E-state index is 12.3. The predicted molar refractivity (Wildman–Crippen MR) is 67.1 cm³/mol. The molecule has 0 aliphatic carbocycles. The first kappa shape index (κ1) is 15.8. The van der Waals surface area contributed by atoms with Gasteiger partial charge in [0.1, 0.15) is 0 Å². The molecule has 5 nitrogen and oxygen atoms in total. The fraction of sp³-hybridized carbons (Fsp3) is 0.333. The third-order valence-electron chi connectivity index (χ3n) is 2.26. The molecule has 1 rings (SSSR count). The lowest BCUT2D eigenvalue weighted by molar-refractivity contribution is -0.137. The number of alkyl halides is 3. The molecule has 0 radical (unpaired) electrons. The summed E-state index contributed by atoms with van der Waals surface area (Å²) in [7, 11) is 0. The van der Waals surface area contributed by atoms with Gasteiger partial charge in [0.15, 0.2) is 0 Å². The number of rotatable bonds is 4. The van der Waals surface area contributed by atoms with Gasteiger partial charge >= 0.3 is 12.2 Å². The van der Waals surface area contributed by atoms with Crippen molar-refractivity contribution >= 4 is 17.6 Å². The van der Waals surface area contributed by atoms with Gasteiger partial charge in [-0.1, -0.05) is 0 Å². The van der Waals surface area contributed by atoms with Crippen LogP contribution in [0.4, 0.5) is 23.7 Å². The van der Waals surface area contributed by atoms with E-state index in [9.17, 15) is 22.8 Å². The molecular weight excluding hydrogens is 275 g/mol. The molecule has 0 spiro atoms. The van der Waals surface area contributed by atoms with Crippen molar-refractivity contribution in [2.45, 2.75) is 13.1 Å². The number of anilines is 1. The molecule has 0 heterocycles. The number of benzene rings is 1. The molecule has 0 fully saturated rings. The molecule has 0 saturated carbocycles. The second kappa shape index (κ2) is 6.78. The maximum Gasteiger partial charge on any atom is 0.416 e. The smallest absolute Gasteiger partial charge is 0.376 e. The monoisotopic (exact) mass is 289 g/mol. The molecule has 0 aliphatic heterocycles. The Morgan fingerprint density at radius 3 is 2.25 bits per heavy atom. The molecule has 0 bridgehead atoms. The van der Waals surface area contributed by atoms with Crippen LogP contribution in [-0.4, -0.2) is 25.0 Å². The largest absolute Gasteiger partial charge is 0.416 e. The summed E-state index contributed by atoms with van der Waals surface area (Å²) >= 11 is 0. The van der Waals surface area contributed by atoms with Crippen LogP contribution in [-0.2, 0) is 11.0 Å². The third kappa shape index (κ3) is 5.17. The molecule has 3 N–H and O–H groups in total. The van der Waals surface area contributed by atoms with Crippen LogP contribution in [0.1, 0.15) is 12.5 Å². The van der Waals surface area contributed by atoms with E-state index in [1.165, 1.54) is 12.1 Å². The number of carbonyl (C=O) groups excluding carboxylic acids is 2. The van der Waals surface area contributed by atoms with Crippen LogP contribution >= 0.6 is 0 Å². The van der Waals surface area contributed by atoms with Gasteiger partial charge in [-0.3, -0.25) is 10.1 Å². The number of amides is 3. The number of urea groups is 1. The number of hydrogen-bond acceptors (Lipinski definition) is 3. The summed E-state index contributed by atoms with van der Waals surface area (Å²) in [5.74, 6) is -0.587. The van der Waals surface area contributed by atoms with Crippen molar-refractivity contribution in [3.63, 3.8) is 0 Å². The Labute approximate surface area is 113 Å². The summed E-state index contributed by atoms with van der Waals surface area (Å²) in [6, 6.07) is 3.62. The van der Waals surface area contributed by atoms with E-state index in [0.29, 0.717) is 12.2 Å². The number of hydrogen-bond donors (Lipinski definition) is 3. The molecule has 3 amide bonds. The standard InChI is InChI=1S/C12H14F3N3O2/c1-2-16-11(20)18-10(19)7-17-9-5-3-8(4-6-9)12(13,14)15/h3-6,17H,2,7H2,1H3,(H2,16,18,19,20). The minimum atomic E-state index is -4.39. The lowest BCUT2D eigenvalue weighted by Gasteiger charge is -2.09. The Balaban J connectivity index is 2.46. The quantitative estimate of drug-likeness (QED) is 0.793. The Morgan fingerprint density at radius 1 is 1.15 bits per heavy atom. The number of nitrogens with one attached hydrogen (secondary N) is 3. The van der Waals surface area contributed by atoms with E-state index in [0.717, 1.165) is 12.1 Å². The molecule has 1 aromatic carbocycles. The molecule has 110 valence electrons. The van der Waals surface area contributed by atoms with Gasteiger partial charge in [-0.05, 0) is 31.2 Å². The predicted octanol–water partition coefficient (Wildman–Crippen LogP) is 1.96. The highest BCUT2D eigenvalue weighted by Gasteiger charge is 2.29. The molecule has 0 atom stereocenters. The van der Waals surface area contributed by atoms with Gasteiger partial charge in [-0.2, -0.15) is 13.2 Å². The molecule has 0 aliphatic rings. The van der Waals surface area contributed by atoms with Crippen molar-refractivity contribution in [3.8, 4) is 0 Å². The zero-order chi connectivity index (χ0) is 15.2. The fourth-order valence-corrected chi connectivity index (χ4v) is 1.33. The molecule has 0 aromatic heterocycles.